The number of hydrogen-bond donors (Lipinski definition) is 0. The largest absolute Gasteiger partial charge is 0.460 e. The van der Waals surface area contributed by atoms with Crippen molar-refractivity contribution in [1.29, 1.82) is 0 Å². The summed E-state index contributed by atoms with van der Waals surface area (Å²) in [5.74, 6) is -0.208. The van der Waals surface area contributed by atoms with E-state index < -0.39 is 5.97 Å². The standard InChI is InChI=1S/C19H32O5/c1-14(2)18(21)23-13-12-22-16(5)8-9-17(20)24-19(15(3)4)10-6-7-11-19/h15-16H,1,6-13H2,2-5H3. The van der Waals surface area contributed by atoms with Gasteiger partial charge in [0.2, 0.25) is 0 Å². The average molecular weight is 340 g/mol. The molecule has 0 saturated heterocycles. The summed E-state index contributed by atoms with van der Waals surface area (Å²) in [6, 6.07) is 0. The van der Waals surface area contributed by atoms with E-state index in [1.807, 2.05) is 6.92 Å². The Kier molecular flexibility index (Phi) is 8.46. The highest BCUT2D eigenvalue weighted by molar-refractivity contribution is 5.86. The van der Waals surface area contributed by atoms with Crippen LogP contribution < -0.4 is 0 Å². The molecule has 0 amide bonds. The van der Waals surface area contributed by atoms with E-state index in [-0.39, 0.29) is 24.3 Å². The van der Waals surface area contributed by atoms with Gasteiger partial charge < -0.3 is 14.2 Å². The predicted octanol–water partition coefficient (Wildman–Crippen LogP) is 3.80. The molecule has 1 aliphatic rings. The lowest BCUT2D eigenvalue weighted by molar-refractivity contribution is -0.165. The van der Waals surface area contributed by atoms with E-state index in [0.29, 0.717) is 30.9 Å². The molecule has 0 aliphatic heterocycles. The number of hydrogen-bond acceptors (Lipinski definition) is 5. The van der Waals surface area contributed by atoms with Crippen LogP contribution in [0.2, 0.25) is 0 Å². The van der Waals surface area contributed by atoms with Crippen LogP contribution in [-0.4, -0.2) is 36.9 Å². The van der Waals surface area contributed by atoms with E-state index in [4.69, 9.17) is 14.2 Å². The minimum Gasteiger partial charge on any atom is -0.460 e. The zero-order valence-electron chi connectivity index (χ0n) is 15.6. The van der Waals surface area contributed by atoms with Gasteiger partial charge in [0.25, 0.3) is 0 Å². The summed E-state index contributed by atoms with van der Waals surface area (Å²) in [6.45, 7) is 11.8. The van der Waals surface area contributed by atoms with E-state index in [2.05, 4.69) is 20.4 Å². The summed E-state index contributed by atoms with van der Waals surface area (Å²) in [7, 11) is 0. The summed E-state index contributed by atoms with van der Waals surface area (Å²) in [5, 5.41) is 0. The molecule has 1 atom stereocenters. The van der Waals surface area contributed by atoms with E-state index in [9.17, 15) is 9.59 Å². The fraction of sp³-hybridized carbons (Fsp3) is 0.789. The number of esters is 2. The van der Waals surface area contributed by atoms with Crippen LogP contribution in [0.3, 0.4) is 0 Å². The van der Waals surface area contributed by atoms with Crippen molar-refractivity contribution in [3.8, 4) is 0 Å². The summed E-state index contributed by atoms with van der Waals surface area (Å²) in [6.07, 6.45) is 5.07. The highest BCUT2D eigenvalue weighted by atomic mass is 16.6. The molecule has 0 aromatic carbocycles. The molecule has 0 aromatic rings. The molecule has 24 heavy (non-hydrogen) atoms. The van der Waals surface area contributed by atoms with Crippen LogP contribution >= 0.6 is 0 Å². The molecule has 1 saturated carbocycles. The fourth-order valence-corrected chi connectivity index (χ4v) is 2.96. The van der Waals surface area contributed by atoms with Gasteiger partial charge in [-0.2, -0.15) is 0 Å². The summed E-state index contributed by atoms with van der Waals surface area (Å²) >= 11 is 0. The maximum Gasteiger partial charge on any atom is 0.333 e. The first-order valence-electron chi connectivity index (χ1n) is 8.93. The Labute approximate surface area is 145 Å². The molecule has 0 radical (unpaired) electrons. The van der Waals surface area contributed by atoms with Crippen molar-refractivity contribution in [2.45, 2.75) is 77.9 Å². The topological polar surface area (TPSA) is 61.8 Å². The predicted molar refractivity (Wildman–Crippen MR) is 92.6 cm³/mol. The Morgan fingerprint density at radius 3 is 2.29 bits per heavy atom. The van der Waals surface area contributed by atoms with Gasteiger partial charge >= 0.3 is 11.9 Å². The van der Waals surface area contributed by atoms with Crippen molar-refractivity contribution < 1.29 is 23.8 Å². The average Bonchev–Trinajstić information content (AvgIpc) is 2.99. The lowest BCUT2D eigenvalue weighted by Gasteiger charge is -2.33. The minimum atomic E-state index is -0.412. The minimum absolute atomic E-state index is 0.0836. The molecular formula is C19H32O5. The van der Waals surface area contributed by atoms with E-state index in [0.717, 1.165) is 25.7 Å². The van der Waals surface area contributed by atoms with Gasteiger partial charge in [0.15, 0.2) is 0 Å². The fourth-order valence-electron chi connectivity index (χ4n) is 2.96. The van der Waals surface area contributed by atoms with Gasteiger partial charge in [-0.1, -0.05) is 20.4 Å². The Morgan fingerprint density at radius 2 is 1.75 bits per heavy atom. The van der Waals surface area contributed by atoms with Crippen LogP contribution in [0.5, 0.6) is 0 Å². The maximum atomic E-state index is 12.2. The maximum absolute atomic E-state index is 12.2. The third kappa shape index (κ3) is 6.63. The molecular weight excluding hydrogens is 308 g/mol. The number of carbonyl (C=O) groups is 2. The van der Waals surface area contributed by atoms with Gasteiger partial charge in [0.05, 0.1) is 12.7 Å². The van der Waals surface area contributed by atoms with Crippen LogP contribution in [0.15, 0.2) is 12.2 Å². The zero-order chi connectivity index (χ0) is 18.2. The number of rotatable bonds is 10. The monoisotopic (exact) mass is 340 g/mol. The molecule has 5 heteroatoms. The summed E-state index contributed by atoms with van der Waals surface area (Å²) in [5.41, 5.74) is 0.106. The molecule has 1 fully saturated rings. The van der Waals surface area contributed by atoms with E-state index in [1.165, 1.54) is 0 Å². The lowest BCUT2D eigenvalue weighted by atomic mass is 9.88. The molecule has 0 bridgehead atoms. The van der Waals surface area contributed by atoms with Crippen LogP contribution in [0, 0.1) is 5.92 Å². The molecule has 5 nitrogen and oxygen atoms in total. The van der Waals surface area contributed by atoms with Gasteiger partial charge in [0, 0.05) is 12.0 Å². The molecule has 0 heterocycles. The SMILES string of the molecule is C=C(C)C(=O)OCCOC(C)CCC(=O)OC1(C(C)C)CCCC1. The summed E-state index contributed by atoms with van der Waals surface area (Å²) in [4.78, 5) is 23.4. The quantitative estimate of drug-likeness (QED) is 0.344. The van der Waals surface area contributed by atoms with E-state index >= 15 is 0 Å². The third-order valence-corrected chi connectivity index (χ3v) is 4.64. The molecule has 1 unspecified atom stereocenters. The second kappa shape index (κ2) is 9.82. The second-order valence-electron chi connectivity index (χ2n) is 7.04. The Morgan fingerprint density at radius 1 is 1.12 bits per heavy atom. The first-order valence-corrected chi connectivity index (χ1v) is 8.93. The zero-order valence-corrected chi connectivity index (χ0v) is 15.6. The first-order chi connectivity index (χ1) is 11.3. The van der Waals surface area contributed by atoms with Gasteiger partial charge in [-0.15, -0.1) is 0 Å². The highest BCUT2D eigenvalue weighted by Crippen LogP contribution is 2.39. The van der Waals surface area contributed by atoms with Crippen molar-refractivity contribution in [2.75, 3.05) is 13.2 Å². The van der Waals surface area contributed by atoms with Gasteiger partial charge in [0.1, 0.15) is 12.2 Å². The van der Waals surface area contributed by atoms with E-state index in [1.54, 1.807) is 6.92 Å². The second-order valence-corrected chi connectivity index (χ2v) is 7.04. The molecule has 0 spiro atoms. The molecule has 0 N–H and O–H groups in total. The van der Waals surface area contributed by atoms with Gasteiger partial charge in [-0.25, -0.2) is 4.79 Å². The highest BCUT2D eigenvalue weighted by Gasteiger charge is 2.40. The van der Waals surface area contributed by atoms with Crippen molar-refractivity contribution in [2.24, 2.45) is 5.92 Å². The Bertz CT molecular complexity index is 435. The number of carbonyl (C=O) groups excluding carboxylic acids is 2. The molecule has 1 rings (SSSR count). The van der Waals surface area contributed by atoms with Crippen molar-refractivity contribution in [3.05, 3.63) is 12.2 Å². The van der Waals surface area contributed by atoms with Crippen molar-refractivity contribution in [1.82, 2.24) is 0 Å². The van der Waals surface area contributed by atoms with Crippen molar-refractivity contribution >= 4 is 11.9 Å². The van der Waals surface area contributed by atoms with Crippen molar-refractivity contribution in [3.63, 3.8) is 0 Å². The molecule has 0 aromatic heterocycles. The van der Waals surface area contributed by atoms with Gasteiger partial charge in [-0.3, -0.25) is 4.79 Å². The summed E-state index contributed by atoms with van der Waals surface area (Å²) < 4.78 is 16.3. The van der Waals surface area contributed by atoms with Crippen LogP contribution in [0.4, 0.5) is 0 Å². The first kappa shape index (κ1) is 20.7. The van der Waals surface area contributed by atoms with Gasteiger partial charge in [-0.05, 0) is 51.9 Å². The lowest BCUT2D eigenvalue weighted by Crippen LogP contribution is -2.37. The Hall–Kier alpha value is -1.36. The Balaban J connectivity index is 2.21. The number of ether oxygens (including phenoxy) is 3. The van der Waals surface area contributed by atoms with Crippen LogP contribution in [0.1, 0.15) is 66.2 Å². The van der Waals surface area contributed by atoms with Crippen LogP contribution in [-0.2, 0) is 23.8 Å². The molecule has 1 aliphatic carbocycles. The normalized spacial score (nSPS) is 17.5. The third-order valence-electron chi connectivity index (χ3n) is 4.64. The smallest absolute Gasteiger partial charge is 0.333 e. The van der Waals surface area contributed by atoms with Crippen LogP contribution in [0.25, 0.3) is 0 Å². The molecule has 138 valence electrons.